The summed E-state index contributed by atoms with van der Waals surface area (Å²) in [6.45, 7) is 23.7. The number of fused-ring (bicyclic) bond motifs is 3. The van der Waals surface area contributed by atoms with Gasteiger partial charge in [-0.15, -0.1) is 0 Å². The van der Waals surface area contributed by atoms with E-state index in [1.165, 1.54) is 23.6 Å². The summed E-state index contributed by atoms with van der Waals surface area (Å²) in [4.78, 5) is 69.4. The number of ketones is 5. The van der Waals surface area contributed by atoms with Gasteiger partial charge in [0.25, 0.3) is 0 Å². The zero-order valence-corrected chi connectivity index (χ0v) is 32.0. The van der Waals surface area contributed by atoms with Gasteiger partial charge in [-0.2, -0.15) is 0 Å². The van der Waals surface area contributed by atoms with E-state index in [0.29, 0.717) is 17.4 Å². The number of benzene rings is 2. The molecule has 0 spiro atoms. The fraction of sp³-hybridized carbons (Fsp3) is 0.533. The summed E-state index contributed by atoms with van der Waals surface area (Å²) in [7, 11) is 0. The van der Waals surface area contributed by atoms with Crippen LogP contribution in [-0.4, -0.2) is 44.7 Å². The van der Waals surface area contributed by atoms with Crippen LogP contribution in [0.2, 0.25) is 0 Å². The molecule has 2 aromatic carbocycles. The summed E-state index contributed by atoms with van der Waals surface area (Å²) < 4.78 is 0. The van der Waals surface area contributed by atoms with E-state index < -0.39 is 69.0 Å². The third-order valence-electron chi connectivity index (χ3n) is 13.4. The largest absolute Gasteiger partial charge is 0.507 e. The van der Waals surface area contributed by atoms with Gasteiger partial charge in [0.05, 0.1) is 11.5 Å². The number of hydrogen-bond acceptors (Lipinski definition) is 7. The Morgan fingerprint density at radius 3 is 2.13 bits per heavy atom. The SMILES string of the molecule is C=C(Cc1ccc(-c2ccc(O)c3c2C[C@]2(C)C[C@]4(C)C(C(C)C)C(=O)C(C(C)=O)C(=O)[C@]4(O)C(=O)C2C3=O)cc1)C1CCCC1C(=C)C(C)(C)C. The van der Waals surface area contributed by atoms with E-state index in [2.05, 4.69) is 46.1 Å². The van der Waals surface area contributed by atoms with Crippen LogP contribution in [0, 0.1) is 51.8 Å². The Bertz CT molecular complexity index is 1920. The predicted octanol–water partition coefficient (Wildman–Crippen LogP) is 7.88. The summed E-state index contributed by atoms with van der Waals surface area (Å²) in [6.07, 6.45) is 4.37. The fourth-order valence-electron chi connectivity index (χ4n) is 11.0. The molecule has 0 amide bonds. The lowest BCUT2D eigenvalue weighted by Gasteiger charge is -2.61. The first-order valence-corrected chi connectivity index (χ1v) is 18.8. The van der Waals surface area contributed by atoms with Gasteiger partial charge in [-0.3, -0.25) is 24.0 Å². The molecule has 8 atom stereocenters. The molecule has 52 heavy (non-hydrogen) atoms. The molecule has 0 heterocycles. The Labute approximate surface area is 308 Å². The number of Topliss-reactive ketones (excluding diaryl/α,β-unsaturated/α-hetero) is 5. The maximum atomic E-state index is 14.6. The van der Waals surface area contributed by atoms with Gasteiger partial charge in [-0.25, -0.2) is 0 Å². The number of aliphatic hydroxyl groups is 1. The normalized spacial score (nSPS) is 33.1. The van der Waals surface area contributed by atoms with Crippen LogP contribution >= 0.6 is 0 Å². The molecule has 6 rings (SSSR count). The van der Waals surface area contributed by atoms with E-state index in [-0.39, 0.29) is 29.6 Å². The smallest absolute Gasteiger partial charge is 0.190 e. The minimum atomic E-state index is -2.71. The van der Waals surface area contributed by atoms with Crippen molar-refractivity contribution in [2.75, 3.05) is 0 Å². The van der Waals surface area contributed by atoms with Crippen LogP contribution in [-0.2, 0) is 32.0 Å². The molecule has 2 N–H and O–H groups in total. The van der Waals surface area contributed by atoms with Crippen LogP contribution in [0.1, 0.15) is 103 Å². The standard InChI is InChI=1S/C45H54O7/c1-23(2)36-38(48)34(26(5)46)40(50)45(52)41(51)37-39(49)35-32(21-43(37,9)22-44(36,45)10)31(18-19-33(35)47)28-16-14-27(15-17-28)20-24(3)29-12-11-13-30(29)25(4)42(6,7)8/h14-19,23,29-30,34,36-37,47,52H,3-4,11-13,20-22H2,1-2,5-10H3/t29?,30?,34?,36?,37?,43-,44-,45+/m1/s1. The van der Waals surface area contributed by atoms with Crippen LogP contribution in [0.4, 0.5) is 0 Å². The van der Waals surface area contributed by atoms with Gasteiger partial charge in [0.15, 0.2) is 28.7 Å². The van der Waals surface area contributed by atoms with Crippen LogP contribution < -0.4 is 0 Å². The molecule has 4 aliphatic rings. The maximum Gasteiger partial charge on any atom is 0.190 e. The summed E-state index contributed by atoms with van der Waals surface area (Å²) in [5.41, 5.74) is 0.486. The topological polar surface area (TPSA) is 126 Å². The number of carbonyl (C=O) groups is 5. The Balaban J connectivity index is 1.35. The van der Waals surface area contributed by atoms with Crippen molar-refractivity contribution in [2.45, 2.75) is 99.5 Å². The molecule has 3 fully saturated rings. The molecule has 0 radical (unpaired) electrons. The predicted molar refractivity (Wildman–Crippen MR) is 201 cm³/mol. The zero-order chi connectivity index (χ0) is 38.5. The molecule has 0 bridgehead atoms. The van der Waals surface area contributed by atoms with Gasteiger partial charge in [0.1, 0.15) is 17.5 Å². The van der Waals surface area contributed by atoms with Gasteiger partial charge < -0.3 is 10.2 Å². The molecule has 0 aromatic heterocycles. The Hall–Kier alpha value is -3.97. The van der Waals surface area contributed by atoms with Gasteiger partial charge in [-0.1, -0.05) is 110 Å². The lowest BCUT2D eigenvalue weighted by molar-refractivity contribution is -0.205. The van der Waals surface area contributed by atoms with Crippen molar-refractivity contribution in [2.24, 2.45) is 51.8 Å². The average molecular weight is 707 g/mol. The molecule has 3 saturated carbocycles. The Morgan fingerprint density at radius 2 is 1.56 bits per heavy atom. The highest BCUT2D eigenvalue weighted by Gasteiger charge is 2.76. The van der Waals surface area contributed by atoms with Crippen LogP contribution in [0.5, 0.6) is 5.75 Å². The van der Waals surface area contributed by atoms with Crippen LogP contribution in [0.25, 0.3) is 11.1 Å². The number of rotatable bonds is 7. The van der Waals surface area contributed by atoms with Crippen LogP contribution in [0.3, 0.4) is 0 Å². The van der Waals surface area contributed by atoms with Crippen molar-refractivity contribution in [3.05, 3.63) is 77.4 Å². The number of aromatic hydroxyl groups is 1. The molecule has 4 aliphatic carbocycles. The molecule has 0 saturated heterocycles. The molecule has 0 aliphatic heterocycles. The molecule has 2 aromatic rings. The Morgan fingerprint density at radius 1 is 0.942 bits per heavy atom. The first kappa shape index (κ1) is 37.8. The highest BCUT2D eigenvalue weighted by atomic mass is 16.3. The molecular formula is C45H54O7. The quantitative estimate of drug-likeness (QED) is 0.222. The first-order chi connectivity index (χ1) is 24.1. The number of phenols is 1. The highest BCUT2D eigenvalue weighted by Crippen LogP contribution is 2.64. The second kappa shape index (κ2) is 12.6. The average Bonchev–Trinajstić information content (AvgIpc) is 3.52. The van der Waals surface area contributed by atoms with Crippen molar-refractivity contribution in [1.29, 1.82) is 0 Å². The van der Waals surface area contributed by atoms with Crippen molar-refractivity contribution < 1.29 is 34.2 Å². The van der Waals surface area contributed by atoms with Gasteiger partial charge in [0, 0.05) is 11.3 Å². The zero-order valence-electron chi connectivity index (χ0n) is 32.0. The van der Waals surface area contributed by atoms with Crippen molar-refractivity contribution in [3.63, 3.8) is 0 Å². The lowest BCUT2D eigenvalue weighted by atomic mass is 9.40. The number of phenolic OH excluding ortho intramolecular Hbond substituents is 1. The minimum Gasteiger partial charge on any atom is -0.507 e. The van der Waals surface area contributed by atoms with Gasteiger partial charge >= 0.3 is 0 Å². The van der Waals surface area contributed by atoms with Crippen molar-refractivity contribution in [1.82, 2.24) is 0 Å². The Kier molecular flexibility index (Phi) is 9.13. The van der Waals surface area contributed by atoms with E-state index >= 15 is 0 Å². The number of hydrogen-bond donors (Lipinski definition) is 2. The molecule has 5 unspecified atom stereocenters. The second-order valence-electron chi connectivity index (χ2n) is 18.3. The summed E-state index contributed by atoms with van der Waals surface area (Å²) in [5.74, 6) is -8.14. The number of carbonyl (C=O) groups excluding carboxylic acids is 5. The summed E-state index contributed by atoms with van der Waals surface area (Å²) in [6, 6.07) is 11.4. The third-order valence-corrected chi connectivity index (χ3v) is 13.4. The summed E-state index contributed by atoms with van der Waals surface area (Å²) in [5, 5.41) is 23.4. The van der Waals surface area contributed by atoms with Crippen molar-refractivity contribution in [3.8, 4) is 16.9 Å². The minimum absolute atomic E-state index is 0.00666. The molecule has 7 nitrogen and oxygen atoms in total. The van der Waals surface area contributed by atoms with E-state index in [9.17, 15) is 34.2 Å². The van der Waals surface area contributed by atoms with Crippen LogP contribution in [0.15, 0.2) is 60.7 Å². The van der Waals surface area contributed by atoms with Gasteiger partial charge in [-0.05, 0) is 95.9 Å². The third kappa shape index (κ3) is 5.44. The van der Waals surface area contributed by atoms with E-state index in [1.54, 1.807) is 33.8 Å². The van der Waals surface area contributed by atoms with E-state index in [0.717, 1.165) is 42.9 Å². The molecule has 7 heteroatoms. The monoisotopic (exact) mass is 706 g/mol. The van der Waals surface area contributed by atoms with E-state index in [1.807, 2.05) is 12.1 Å². The highest BCUT2D eigenvalue weighted by molar-refractivity contribution is 6.32. The first-order valence-electron chi connectivity index (χ1n) is 18.8. The number of allylic oxidation sites excluding steroid dienone is 2. The summed E-state index contributed by atoms with van der Waals surface area (Å²) >= 11 is 0. The molecule has 276 valence electrons. The van der Waals surface area contributed by atoms with Crippen molar-refractivity contribution >= 4 is 28.9 Å². The lowest BCUT2D eigenvalue weighted by Crippen LogP contribution is -2.76. The van der Waals surface area contributed by atoms with E-state index in [4.69, 9.17) is 0 Å². The second-order valence-corrected chi connectivity index (χ2v) is 18.3. The fourth-order valence-corrected chi connectivity index (χ4v) is 11.0. The molecular weight excluding hydrogens is 652 g/mol. The van der Waals surface area contributed by atoms with Gasteiger partial charge in [0.2, 0.25) is 0 Å². The maximum absolute atomic E-state index is 14.6.